The lowest BCUT2D eigenvalue weighted by Gasteiger charge is -2.22. The Kier molecular flexibility index (Phi) is 7.30. The van der Waals surface area contributed by atoms with Crippen molar-refractivity contribution in [1.82, 2.24) is 0 Å². The Balaban J connectivity index is 0.00000200. The van der Waals surface area contributed by atoms with Gasteiger partial charge in [-0.3, -0.25) is 4.79 Å². The lowest BCUT2D eigenvalue weighted by molar-refractivity contribution is -0.118. The molecule has 0 fully saturated rings. The number of nitrogens with two attached hydrogens (primary N) is 1. The number of rotatable bonds is 6. The third kappa shape index (κ3) is 4.63. The Morgan fingerprint density at radius 3 is 2.55 bits per heavy atom. The van der Waals surface area contributed by atoms with Gasteiger partial charge in [0.05, 0.1) is 6.54 Å². The Morgan fingerprint density at radius 1 is 1.20 bits per heavy atom. The monoisotopic (exact) mass is 310 g/mol. The van der Waals surface area contributed by atoms with Crippen LogP contribution in [0.25, 0.3) is 0 Å². The van der Waals surface area contributed by atoms with Gasteiger partial charge in [-0.15, -0.1) is 12.4 Å². The van der Waals surface area contributed by atoms with E-state index in [1.807, 2.05) is 40.6 Å². The van der Waals surface area contributed by atoms with Crippen LogP contribution in [0.2, 0.25) is 0 Å². The van der Waals surface area contributed by atoms with E-state index < -0.39 is 0 Å². The van der Waals surface area contributed by atoms with Crippen LogP contribution in [-0.4, -0.2) is 12.5 Å². The zero-order chi connectivity index (χ0) is 13.5. The molecule has 5 heteroatoms. The number of hydrogen-bond acceptors (Lipinski definition) is 3. The van der Waals surface area contributed by atoms with Crippen molar-refractivity contribution in [2.24, 2.45) is 5.73 Å². The summed E-state index contributed by atoms with van der Waals surface area (Å²) in [6.45, 7) is 1.17. The molecule has 1 heterocycles. The highest BCUT2D eigenvalue weighted by Gasteiger charge is 2.15. The highest BCUT2D eigenvalue weighted by Crippen LogP contribution is 2.19. The molecule has 0 aliphatic carbocycles. The van der Waals surface area contributed by atoms with Gasteiger partial charge >= 0.3 is 0 Å². The number of para-hydroxylation sites is 1. The summed E-state index contributed by atoms with van der Waals surface area (Å²) in [6, 6.07) is 11.8. The normalized spacial score (nSPS) is 9.85. The first-order chi connectivity index (χ1) is 9.31. The molecule has 1 aromatic carbocycles. The first-order valence-corrected chi connectivity index (χ1v) is 7.32. The quantitative estimate of drug-likeness (QED) is 0.888. The van der Waals surface area contributed by atoms with E-state index in [1.54, 1.807) is 11.3 Å². The van der Waals surface area contributed by atoms with Crippen molar-refractivity contribution in [1.29, 1.82) is 0 Å². The molecule has 2 N–H and O–H groups in total. The molecule has 2 rings (SSSR count). The zero-order valence-corrected chi connectivity index (χ0v) is 12.8. The van der Waals surface area contributed by atoms with Crippen molar-refractivity contribution in [2.45, 2.75) is 19.4 Å². The molecule has 0 atom stereocenters. The van der Waals surface area contributed by atoms with Gasteiger partial charge in [-0.2, -0.15) is 11.3 Å². The van der Waals surface area contributed by atoms with Crippen molar-refractivity contribution >= 4 is 35.3 Å². The maximum absolute atomic E-state index is 12.3. The average molecular weight is 311 g/mol. The van der Waals surface area contributed by atoms with Crippen molar-refractivity contribution < 1.29 is 4.79 Å². The Labute approximate surface area is 129 Å². The predicted octanol–water partition coefficient (Wildman–Crippen LogP) is 3.44. The SMILES string of the molecule is Cl.NCCCC(=O)N(Cc1ccsc1)c1ccccc1. The van der Waals surface area contributed by atoms with Crippen LogP contribution < -0.4 is 10.6 Å². The molecule has 0 radical (unpaired) electrons. The van der Waals surface area contributed by atoms with Crippen LogP contribution in [0.5, 0.6) is 0 Å². The molecule has 0 unspecified atom stereocenters. The minimum atomic E-state index is 0. The average Bonchev–Trinajstić information content (AvgIpc) is 2.96. The number of benzene rings is 1. The van der Waals surface area contributed by atoms with Crippen molar-refractivity contribution in [2.75, 3.05) is 11.4 Å². The van der Waals surface area contributed by atoms with Crippen LogP contribution in [0, 0.1) is 0 Å². The smallest absolute Gasteiger partial charge is 0.227 e. The number of amides is 1. The minimum absolute atomic E-state index is 0. The molecule has 1 aromatic heterocycles. The molecule has 20 heavy (non-hydrogen) atoms. The fourth-order valence-corrected chi connectivity index (χ4v) is 2.54. The van der Waals surface area contributed by atoms with E-state index in [0.717, 1.165) is 17.7 Å². The summed E-state index contributed by atoms with van der Waals surface area (Å²) in [5, 5.41) is 4.11. The highest BCUT2D eigenvalue weighted by molar-refractivity contribution is 7.07. The largest absolute Gasteiger partial charge is 0.330 e. The first-order valence-electron chi connectivity index (χ1n) is 6.38. The summed E-state index contributed by atoms with van der Waals surface area (Å²) in [7, 11) is 0. The number of anilines is 1. The van der Waals surface area contributed by atoms with E-state index in [0.29, 0.717) is 19.5 Å². The standard InChI is InChI=1S/C15H18N2OS.ClH/c16-9-4-7-15(18)17(11-13-8-10-19-12-13)14-5-2-1-3-6-14;/h1-3,5-6,8,10,12H,4,7,9,11,16H2;1H. The third-order valence-electron chi connectivity index (χ3n) is 2.88. The van der Waals surface area contributed by atoms with Gasteiger partial charge in [0.2, 0.25) is 5.91 Å². The fourth-order valence-electron chi connectivity index (χ4n) is 1.88. The molecule has 3 nitrogen and oxygen atoms in total. The molecule has 0 bridgehead atoms. The van der Waals surface area contributed by atoms with Crippen LogP contribution in [0.1, 0.15) is 18.4 Å². The van der Waals surface area contributed by atoms with Gasteiger partial charge in [0, 0.05) is 12.1 Å². The number of carbonyl (C=O) groups excluding carboxylic acids is 1. The molecule has 0 saturated heterocycles. The van der Waals surface area contributed by atoms with Gasteiger partial charge in [0.15, 0.2) is 0 Å². The third-order valence-corrected chi connectivity index (χ3v) is 3.62. The zero-order valence-electron chi connectivity index (χ0n) is 11.2. The van der Waals surface area contributed by atoms with E-state index in [9.17, 15) is 4.79 Å². The highest BCUT2D eigenvalue weighted by atomic mass is 35.5. The molecule has 108 valence electrons. The van der Waals surface area contributed by atoms with Crippen LogP contribution >= 0.6 is 23.7 Å². The summed E-state index contributed by atoms with van der Waals surface area (Å²) in [5.41, 5.74) is 7.59. The van der Waals surface area contributed by atoms with Gasteiger partial charge in [0.1, 0.15) is 0 Å². The summed E-state index contributed by atoms with van der Waals surface area (Å²) in [4.78, 5) is 14.1. The molecule has 0 spiro atoms. The molecular weight excluding hydrogens is 292 g/mol. The van der Waals surface area contributed by atoms with Gasteiger partial charge in [-0.05, 0) is 47.5 Å². The maximum atomic E-state index is 12.3. The molecule has 2 aromatic rings. The number of halogens is 1. The van der Waals surface area contributed by atoms with Crippen molar-refractivity contribution in [3.05, 3.63) is 52.7 Å². The van der Waals surface area contributed by atoms with E-state index >= 15 is 0 Å². The number of carbonyl (C=O) groups is 1. The van der Waals surface area contributed by atoms with E-state index in [1.165, 1.54) is 0 Å². The lowest BCUT2D eigenvalue weighted by Crippen LogP contribution is -2.30. The molecule has 0 aliphatic heterocycles. The van der Waals surface area contributed by atoms with Gasteiger partial charge < -0.3 is 10.6 Å². The van der Waals surface area contributed by atoms with Crippen LogP contribution in [0.3, 0.4) is 0 Å². The molecule has 0 aliphatic rings. The maximum Gasteiger partial charge on any atom is 0.227 e. The molecule has 1 amide bonds. The van der Waals surface area contributed by atoms with Gasteiger partial charge in [-0.1, -0.05) is 18.2 Å². The van der Waals surface area contributed by atoms with Crippen molar-refractivity contribution in [3.8, 4) is 0 Å². The van der Waals surface area contributed by atoms with E-state index in [4.69, 9.17) is 5.73 Å². The van der Waals surface area contributed by atoms with Crippen LogP contribution in [-0.2, 0) is 11.3 Å². The van der Waals surface area contributed by atoms with Crippen LogP contribution in [0.15, 0.2) is 47.2 Å². The van der Waals surface area contributed by atoms with Gasteiger partial charge in [-0.25, -0.2) is 0 Å². The van der Waals surface area contributed by atoms with Crippen molar-refractivity contribution in [3.63, 3.8) is 0 Å². The van der Waals surface area contributed by atoms with Gasteiger partial charge in [0.25, 0.3) is 0 Å². The minimum Gasteiger partial charge on any atom is -0.330 e. The number of hydrogen-bond donors (Lipinski definition) is 1. The van der Waals surface area contributed by atoms with E-state index in [-0.39, 0.29) is 18.3 Å². The Bertz CT molecular complexity index is 502. The second-order valence-electron chi connectivity index (χ2n) is 4.34. The topological polar surface area (TPSA) is 46.3 Å². The lowest BCUT2D eigenvalue weighted by atomic mass is 10.2. The number of nitrogens with zero attached hydrogens (tertiary/aromatic N) is 1. The second-order valence-corrected chi connectivity index (χ2v) is 5.12. The summed E-state index contributed by atoms with van der Waals surface area (Å²) in [6.07, 6.45) is 1.22. The molecular formula is C15H19ClN2OS. The Morgan fingerprint density at radius 2 is 1.95 bits per heavy atom. The fraction of sp³-hybridized carbons (Fsp3) is 0.267. The Hall–Kier alpha value is -1.36. The number of thiophene rings is 1. The summed E-state index contributed by atoms with van der Waals surface area (Å²) < 4.78 is 0. The second kappa shape index (κ2) is 8.74. The predicted molar refractivity (Wildman–Crippen MR) is 87.5 cm³/mol. The summed E-state index contributed by atoms with van der Waals surface area (Å²) in [5.74, 6) is 0.128. The summed E-state index contributed by atoms with van der Waals surface area (Å²) >= 11 is 1.65. The first kappa shape index (κ1) is 16.7. The molecule has 0 saturated carbocycles. The van der Waals surface area contributed by atoms with Crippen LogP contribution in [0.4, 0.5) is 5.69 Å². The van der Waals surface area contributed by atoms with E-state index in [2.05, 4.69) is 11.4 Å².